The molecule has 0 saturated heterocycles. The van der Waals surface area contributed by atoms with Gasteiger partial charge in [0.05, 0.1) is 30.8 Å². The summed E-state index contributed by atoms with van der Waals surface area (Å²) in [6.45, 7) is 0. The maximum atomic E-state index is 13.0. The van der Waals surface area contributed by atoms with Crippen LogP contribution in [0.4, 0.5) is 10.5 Å². The number of aromatic nitrogens is 2. The summed E-state index contributed by atoms with van der Waals surface area (Å²) in [5, 5.41) is 2.47. The monoisotopic (exact) mass is 572 g/mol. The minimum absolute atomic E-state index is 0.0296. The molecule has 0 atom stereocenters. The number of nitrogens with zero attached hydrogens (tertiary/aromatic N) is 2. The van der Waals surface area contributed by atoms with Crippen LogP contribution in [0.5, 0.6) is 0 Å². The Bertz CT molecular complexity index is 1770. The molecule has 4 aromatic rings. The second kappa shape index (κ2) is 9.24. The van der Waals surface area contributed by atoms with Gasteiger partial charge in [0.25, 0.3) is 15.6 Å². The number of amides is 2. The molecule has 0 unspecified atom stereocenters. The van der Waals surface area contributed by atoms with Crippen molar-refractivity contribution in [1.29, 1.82) is 0 Å². The molecule has 0 spiro atoms. The molecule has 2 heterocycles. The van der Waals surface area contributed by atoms with Gasteiger partial charge in [-0.15, -0.1) is 11.3 Å². The van der Waals surface area contributed by atoms with Crippen LogP contribution < -0.4 is 15.6 Å². The highest BCUT2D eigenvalue weighted by atomic mass is 35.5. The zero-order valence-corrected chi connectivity index (χ0v) is 21.5. The van der Waals surface area contributed by atoms with Crippen molar-refractivity contribution < 1.29 is 21.6 Å². The molecular formula is C20H14Cl2N4O6S3. The lowest BCUT2D eigenvalue weighted by Crippen LogP contribution is -2.33. The van der Waals surface area contributed by atoms with Gasteiger partial charge >= 0.3 is 6.03 Å². The second-order valence-corrected chi connectivity index (χ2v) is 13.2. The van der Waals surface area contributed by atoms with E-state index < -0.39 is 31.5 Å². The Hall–Kier alpha value is -2.97. The van der Waals surface area contributed by atoms with Crippen LogP contribution in [0.25, 0.3) is 16.6 Å². The predicted molar refractivity (Wildman–Crippen MR) is 134 cm³/mol. The molecule has 0 aliphatic rings. The Morgan fingerprint density at radius 3 is 2.40 bits per heavy atom. The first kappa shape index (κ1) is 25.1. The maximum absolute atomic E-state index is 13.0. The van der Waals surface area contributed by atoms with Gasteiger partial charge < -0.3 is 5.32 Å². The number of fused-ring (bicyclic) bond motifs is 1. The summed E-state index contributed by atoms with van der Waals surface area (Å²) < 4.78 is 51.3. The van der Waals surface area contributed by atoms with E-state index in [1.807, 2.05) is 4.72 Å². The van der Waals surface area contributed by atoms with Gasteiger partial charge in [-0.1, -0.05) is 23.2 Å². The lowest BCUT2D eigenvalue weighted by molar-refractivity contribution is 0.256. The number of sulfone groups is 1. The molecule has 10 nitrogen and oxygen atoms in total. The van der Waals surface area contributed by atoms with Crippen molar-refractivity contribution in [2.45, 2.75) is 9.10 Å². The Balaban J connectivity index is 1.61. The third kappa shape index (κ3) is 5.33. The highest BCUT2D eigenvalue weighted by molar-refractivity contribution is 7.92. The van der Waals surface area contributed by atoms with Crippen molar-refractivity contribution in [2.24, 2.45) is 0 Å². The number of carbonyl (C=O) groups is 1. The van der Waals surface area contributed by atoms with Crippen LogP contribution in [0.2, 0.25) is 9.36 Å². The molecule has 2 N–H and O–H groups in total. The molecule has 0 aliphatic heterocycles. The van der Waals surface area contributed by atoms with Crippen molar-refractivity contribution in [2.75, 3.05) is 11.6 Å². The first-order chi connectivity index (χ1) is 16.3. The molecule has 35 heavy (non-hydrogen) atoms. The van der Waals surface area contributed by atoms with Crippen LogP contribution in [0.3, 0.4) is 0 Å². The molecular weight excluding hydrogens is 559 g/mol. The van der Waals surface area contributed by atoms with E-state index in [9.17, 15) is 26.4 Å². The number of hydrogen-bond acceptors (Lipinski definition) is 8. The van der Waals surface area contributed by atoms with Gasteiger partial charge in [0, 0.05) is 11.9 Å². The van der Waals surface area contributed by atoms with Crippen molar-refractivity contribution in [3.8, 4) is 5.69 Å². The SMILES string of the molecule is CS(=O)(=O)c1ccc2ncn(-c3ccc(NC(=O)NS(=O)(=O)c4ccc(Cl)s4)cc3Cl)c(=O)c2c1. The predicted octanol–water partition coefficient (Wildman–Crippen LogP) is 3.67. The third-order valence-electron chi connectivity index (χ3n) is 4.66. The molecule has 4 rings (SSSR count). The molecule has 0 radical (unpaired) electrons. The van der Waals surface area contributed by atoms with Crippen LogP contribution in [-0.4, -0.2) is 38.7 Å². The van der Waals surface area contributed by atoms with Gasteiger partial charge in [-0.05, 0) is 48.5 Å². The average molecular weight is 573 g/mol. The van der Waals surface area contributed by atoms with Crippen LogP contribution in [0, 0.1) is 0 Å². The topological polar surface area (TPSA) is 144 Å². The quantitative estimate of drug-likeness (QED) is 0.371. The van der Waals surface area contributed by atoms with Gasteiger partial charge in [-0.2, -0.15) is 0 Å². The van der Waals surface area contributed by atoms with Crippen LogP contribution in [0.1, 0.15) is 0 Å². The fourth-order valence-corrected chi connectivity index (χ4v) is 6.36. The zero-order chi connectivity index (χ0) is 25.5. The summed E-state index contributed by atoms with van der Waals surface area (Å²) >= 11 is 12.9. The average Bonchev–Trinajstić information content (AvgIpc) is 3.21. The van der Waals surface area contributed by atoms with E-state index in [1.165, 1.54) is 54.9 Å². The number of carbonyl (C=O) groups excluding carboxylic acids is 1. The molecule has 2 aromatic carbocycles. The first-order valence-corrected chi connectivity index (χ1v) is 14.4. The van der Waals surface area contributed by atoms with Crippen molar-refractivity contribution >= 4 is 77.0 Å². The van der Waals surface area contributed by atoms with E-state index in [0.717, 1.165) is 22.2 Å². The van der Waals surface area contributed by atoms with Crippen LogP contribution in [0.15, 0.2) is 68.8 Å². The third-order valence-corrected chi connectivity index (χ3v) is 9.13. The molecule has 2 aromatic heterocycles. The lowest BCUT2D eigenvalue weighted by Gasteiger charge is -2.12. The second-order valence-electron chi connectivity index (χ2n) is 7.16. The Kier molecular flexibility index (Phi) is 6.64. The standard InChI is InChI=1S/C20H14Cl2N4O6S3/c1-34(29,30)12-3-4-15-13(9-12)19(27)26(10-23-15)16-5-2-11(8-14(16)21)24-20(28)25-35(31,32)18-7-6-17(22)33-18/h2-10H,1H3,(H2,24,25,28). The van der Waals surface area contributed by atoms with Gasteiger partial charge in [0.1, 0.15) is 10.5 Å². The van der Waals surface area contributed by atoms with E-state index in [1.54, 1.807) is 0 Å². The van der Waals surface area contributed by atoms with Gasteiger partial charge in [0.2, 0.25) is 0 Å². The largest absolute Gasteiger partial charge is 0.333 e. The molecule has 0 fully saturated rings. The fraction of sp³-hybridized carbons (Fsp3) is 0.0500. The lowest BCUT2D eigenvalue weighted by atomic mass is 10.2. The number of urea groups is 1. The smallest absolute Gasteiger partial charge is 0.307 e. The first-order valence-electron chi connectivity index (χ1n) is 9.46. The van der Waals surface area contributed by atoms with Crippen LogP contribution >= 0.6 is 34.5 Å². The molecule has 0 bridgehead atoms. The summed E-state index contributed by atoms with van der Waals surface area (Å²) in [6, 6.07) is 9.80. The number of thiophene rings is 1. The minimum Gasteiger partial charge on any atom is -0.307 e. The van der Waals surface area contributed by atoms with Crippen molar-refractivity contribution in [1.82, 2.24) is 14.3 Å². The summed E-state index contributed by atoms with van der Waals surface area (Å²) in [6.07, 6.45) is 2.27. The highest BCUT2D eigenvalue weighted by Crippen LogP contribution is 2.26. The Morgan fingerprint density at radius 2 is 1.77 bits per heavy atom. The summed E-state index contributed by atoms with van der Waals surface area (Å²) in [5.74, 6) is 0. The molecule has 15 heteroatoms. The summed E-state index contributed by atoms with van der Waals surface area (Å²) in [7, 11) is -7.66. The molecule has 2 amide bonds. The number of nitrogens with one attached hydrogen (secondary N) is 2. The van der Waals surface area contributed by atoms with E-state index in [-0.39, 0.29) is 35.2 Å². The zero-order valence-electron chi connectivity index (χ0n) is 17.5. The van der Waals surface area contributed by atoms with E-state index in [4.69, 9.17) is 23.2 Å². The van der Waals surface area contributed by atoms with Crippen molar-refractivity contribution in [3.05, 3.63) is 74.6 Å². The molecule has 182 valence electrons. The van der Waals surface area contributed by atoms with E-state index in [2.05, 4.69) is 10.3 Å². The van der Waals surface area contributed by atoms with Gasteiger partial charge in [-0.25, -0.2) is 31.3 Å². The highest BCUT2D eigenvalue weighted by Gasteiger charge is 2.20. The minimum atomic E-state index is -4.12. The summed E-state index contributed by atoms with van der Waals surface area (Å²) in [4.78, 5) is 29.4. The van der Waals surface area contributed by atoms with E-state index in [0.29, 0.717) is 5.52 Å². The van der Waals surface area contributed by atoms with Gasteiger partial charge in [-0.3, -0.25) is 9.36 Å². The van der Waals surface area contributed by atoms with Crippen molar-refractivity contribution in [3.63, 3.8) is 0 Å². The number of rotatable bonds is 5. The maximum Gasteiger partial charge on any atom is 0.333 e. The number of sulfonamides is 1. The number of benzene rings is 2. The van der Waals surface area contributed by atoms with Gasteiger partial charge in [0.15, 0.2) is 9.84 Å². The number of anilines is 1. The Morgan fingerprint density at radius 1 is 1.03 bits per heavy atom. The molecule has 0 aliphatic carbocycles. The number of hydrogen-bond donors (Lipinski definition) is 2. The molecule has 0 saturated carbocycles. The Labute approximate surface area is 213 Å². The van der Waals surface area contributed by atoms with E-state index >= 15 is 0 Å². The fourth-order valence-electron chi connectivity index (χ4n) is 3.05. The van der Waals surface area contributed by atoms with Crippen LogP contribution in [-0.2, 0) is 19.9 Å². The number of halogens is 2. The summed E-state index contributed by atoms with van der Waals surface area (Å²) in [5.41, 5.74) is 0.110. The normalized spacial score (nSPS) is 12.0.